The first-order valence-electron chi connectivity index (χ1n) is 5.97. The highest BCUT2D eigenvalue weighted by Crippen LogP contribution is 2.18. The summed E-state index contributed by atoms with van der Waals surface area (Å²) in [7, 11) is 0. The van der Waals surface area contributed by atoms with E-state index >= 15 is 0 Å². The highest BCUT2D eigenvalue weighted by atomic mass is 16.2. The van der Waals surface area contributed by atoms with Crippen molar-refractivity contribution >= 4 is 11.7 Å². The molecule has 1 aromatic heterocycles. The minimum Gasteiger partial charge on any atom is -0.329 e. The Kier molecular flexibility index (Phi) is 3.26. The second-order valence-corrected chi connectivity index (χ2v) is 4.52. The molecule has 1 aliphatic rings. The van der Waals surface area contributed by atoms with Gasteiger partial charge in [-0.2, -0.15) is 0 Å². The summed E-state index contributed by atoms with van der Waals surface area (Å²) < 4.78 is 0. The van der Waals surface area contributed by atoms with Crippen LogP contribution < -0.4 is 4.90 Å². The van der Waals surface area contributed by atoms with Crippen molar-refractivity contribution in [2.75, 3.05) is 24.7 Å². The molecule has 1 aliphatic heterocycles. The number of hydrogen-bond acceptors (Lipinski definition) is 4. The van der Waals surface area contributed by atoms with Crippen molar-refractivity contribution in [1.29, 1.82) is 0 Å². The summed E-state index contributed by atoms with van der Waals surface area (Å²) in [5.41, 5.74) is 0. The Morgan fingerprint density at radius 2 is 2.24 bits per heavy atom. The van der Waals surface area contributed by atoms with Gasteiger partial charge in [0.2, 0.25) is 5.91 Å². The van der Waals surface area contributed by atoms with E-state index in [1.165, 1.54) is 0 Å². The topological polar surface area (TPSA) is 49.3 Å². The van der Waals surface area contributed by atoms with Gasteiger partial charge in [-0.25, -0.2) is 9.97 Å². The SMILES string of the molecule is CCN1CN(c2ccnc(C(C)C)n2)CC1=O. The van der Waals surface area contributed by atoms with Crippen LogP contribution in [0.1, 0.15) is 32.5 Å². The van der Waals surface area contributed by atoms with Crippen molar-refractivity contribution in [2.24, 2.45) is 0 Å². The Morgan fingerprint density at radius 1 is 1.47 bits per heavy atom. The smallest absolute Gasteiger partial charge is 0.243 e. The van der Waals surface area contributed by atoms with Crippen molar-refractivity contribution in [1.82, 2.24) is 14.9 Å². The van der Waals surface area contributed by atoms with Crippen LogP contribution in [-0.2, 0) is 4.79 Å². The van der Waals surface area contributed by atoms with Gasteiger partial charge in [0.05, 0.1) is 6.67 Å². The normalized spacial score (nSPS) is 16.1. The first-order chi connectivity index (χ1) is 8.11. The Labute approximate surface area is 101 Å². The number of rotatable bonds is 3. The monoisotopic (exact) mass is 234 g/mol. The zero-order valence-corrected chi connectivity index (χ0v) is 10.6. The molecule has 0 atom stereocenters. The molecule has 0 spiro atoms. The molecule has 1 fully saturated rings. The van der Waals surface area contributed by atoms with E-state index in [4.69, 9.17) is 0 Å². The largest absolute Gasteiger partial charge is 0.329 e. The lowest BCUT2D eigenvalue weighted by molar-refractivity contribution is -0.126. The average molecular weight is 234 g/mol. The fraction of sp³-hybridized carbons (Fsp3) is 0.583. The van der Waals surface area contributed by atoms with Crippen LogP contribution in [0.3, 0.4) is 0 Å². The third-order valence-corrected chi connectivity index (χ3v) is 2.90. The zero-order chi connectivity index (χ0) is 12.4. The summed E-state index contributed by atoms with van der Waals surface area (Å²) >= 11 is 0. The molecule has 0 saturated carbocycles. The highest BCUT2D eigenvalue weighted by Gasteiger charge is 2.27. The second kappa shape index (κ2) is 4.69. The number of hydrogen-bond donors (Lipinski definition) is 0. The van der Waals surface area contributed by atoms with E-state index in [0.717, 1.165) is 18.2 Å². The fourth-order valence-corrected chi connectivity index (χ4v) is 1.85. The van der Waals surface area contributed by atoms with E-state index in [2.05, 4.69) is 23.8 Å². The Morgan fingerprint density at radius 3 is 2.82 bits per heavy atom. The maximum atomic E-state index is 11.6. The third-order valence-electron chi connectivity index (χ3n) is 2.90. The molecule has 5 nitrogen and oxygen atoms in total. The van der Waals surface area contributed by atoms with E-state index in [1.54, 1.807) is 6.20 Å². The van der Waals surface area contributed by atoms with Crippen LogP contribution in [0.4, 0.5) is 5.82 Å². The van der Waals surface area contributed by atoms with Crippen molar-refractivity contribution in [3.8, 4) is 0 Å². The van der Waals surface area contributed by atoms with E-state index in [9.17, 15) is 4.79 Å². The van der Waals surface area contributed by atoms with Crippen LogP contribution in [0.25, 0.3) is 0 Å². The van der Waals surface area contributed by atoms with Gasteiger partial charge in [0.25, 0.3) is 0 Å². The molecule has 0 aliphatic carbocycles. The minimum atomic E-state index is 0.164. The summed E-state index contributed by atoms with van der Waals surface area (Å²) in [5, 5.41) is 0. The van der Waals surface area contributed by atoms with Crippen LogP contribution in [0.5, 0.6) is 0 Å². The maximum absolute atomic E-state index is 11.6. The van der Waals surface area contributed by atoms with Crippen LogP contribution in [0.2, 0.25) is 0 Å². The maximum Gasteiger partial charge on any atom is 0.243 e. The van der Waals surface area contributed by atoms with Crippen molar-refractivity contribution < 1.29 is 4.79 Å². The summed E-state index contributed by atoms with van der Waals surface area (Å²) in [5.74, 6) is 2.13. The number of carbonyl (C=O) groups excluding carboxylic acids is 1. The highest BCUT2D eigenvalue weighted by molar-refractivity contribution is 5.84. The van der Waals surface area contributed by atoms with Gasteiger partial charge in [-0.05, 0) is 13.0 Å². The standard InChI is InChI=1S/C12H18N4O/c1-4-15-8-16(7-11(15)17)10-5-6-13-12(14-10)9(2)3/h5-6,9H,4,7-8H2,1-3H3. The van der Waals surface area contributed by atoms with Crippen LogP contribution >= 0.6 is 0 Å². The lowest BCUT2D eigenvalue weighted by Crippen LogP contribution is -2.27. The number of carbonyl (C=O) groups is 1. The molecule has 0 N–H and O–H groups in total. The summed E-state index contributed by atoms with van der Waals surface area (Å²) in [6.45, 7) is 7.91. The molecule has 1 saturated heterocycles. The Balaban J connectivity index is 2.18. The van der Waals surface area contributed by atoms with Crippen molar-refractivity contribution in [3.63, 3.8) is 0 Å². The van der Waals surface area contributed by atoms with Crippen LogP contribution in [-0.4, -0.2) is 40.5 Å². The van der Waals surface area contributed by atoms with Gasteiger partial charge >= 0.3 is 0 Å². The van der Waals surface area contributed by atoms with Gasteiger partial charge in [-0.15, -0.1) is 0 Å². The minimum absolute atomic E-state index is 0.164. The number of nitrogens with zero attached hydrogens (tertiary/aromatic N) is 4. The molecule has 0 bridgehead atoms. The van der Waals surface area contributed by atoms with Crippen molar-refractivity contribution in [3.05, 3.63) is 18.1 Å². The molecule has 2 rings (SSSR count). The number of amides is 1. The van der Waals surface area contributed by atoms with E-state index in [1.807, 2.05) is 22.8 Å². The molecule has 0 aromatic carbocycles. The van der Waals surface area contributed by atoms with Gasteiger partial charge in [-0.1, -0.05) is 13.8 Å². The lowest BCUT2D eigenvalue weighted by Gasteiger charge is -2.18. The van der Waals surface area contributed by atoms with Crippen LogP contribution in [0, 0.1) is 0 Å². The Bertz CT molecular complexity index is 419. The van der Waals surface area contributed by atoms with E-state index < -0.39 is 0 Å². The first-order valence-corrected chi connectivity index (χ1v) is 5.97. The Hall–Kier alpha value is -1.65. The average Bonchev–Trinajstić information content (AvgIpc) is 2.71. The van der Waals surface area contributed by atoms with Gasteiger partial charge in [0.1, 0.15) is 18.2 Å². The molecule has 92 valence electrons. The zero-order valence-electron chi connectivity index (χ0n) is 10.6. The first kappa shape index (κ1) is 11.8. The summed E-state index contributed by atoms with van der Waals surface area (Å²) in [6, 6.07) is 1.86. The lowest BCUT2D eigenvalue weighted by atomic mass is 10.2. The molecule has 5 heteroatoms. The van der Waals surface area contributed by atoms with Gasteiger partial charge in [-0.3, -0.25) is 4.79 Å². The summed E-state index contributed by atoms with van der Waals surface area (Å²) in [6.07, 6.45) is 1.76. The molecule has 1 amide bonds. The number of aromatic nitrogens is 2. The molecule has 2 heterocycles. The predicted octanol–water partition coefficient (Wildman–Crippen LogP) is 1.23. The molecule has 0 radical (unpaired) electrons. The summed E-state index contributed by atoms with van der Waals surface area (Å²) in [4.78, 5) is 24.2. The van der Waals surface area contributed by atoms with Gasteiger partial charge in [0, 0.05) is 18.7 Å². The molecular formula is C12H18N4O. The molecular weight excluding hydrogens is 216 g/mol. The molecule has 1 aromatic rings. The van der Waals surface area contributed by atoms with Crippen LogP contribution in [0.15, 0.2) is 12.3 Å². The van der Waals surface area contributed by atoms with E-state index in [-0.39, 0.29) is 5.91 Å². The predicted molar refractivity (Wildman–Crippen MR) is 65.7 cm³/mol. The van der Waals surface area contributed by atoms with Crippen molar-refractivity contribution in [2.45, 2.75) is 26.7 Å². The van der Waals surface area contributed by atoms with E-state index in [0.29, 0.717) is 19.1 Å². The fourth-order valence-electron chi connectivity index (χ4n) is 1.85. The van der Waals surface area contributed by atoms with Gasteiger partial charge < -0.3 is 9.80 Å². The molecule has 17 heavy (non-hydrogen) atoms. The quantitative estimate of drug-likeness (QED) is 0.789. The molecule has 0 unspecified atom stereocenters. The number of anilines is 1. The third kappa shape index (κ3) is 2.38. The number of likely N-dealkylation sites (N-methyl/N-ethyl adjacent to an activating group) is 1. The van der Waals surface area contributed by atoms with Gasteiger partial charge in [0.15, 0.2) is 0 Å². The second-order valence-electron chi connectivity index (χ2n) is 4.52.